The van der Waals surface area contributed by atoms with Crippen LogP contribution in [0, 0.1) is 0 Å². The summed E-state index contributed by atoms with van der Waals surface area (Å²) in [6, 6.07) is 16.9. The number of nitrogens with zero attached hydrogens (tertiary/aromatic N) is 4. The molecule has 0 unspecified atom stereocenters. The Kier molecular flexibility index (Phi) is 6.96. The fourth-order valence-electron chi connectivity index (χ4n) is 3.35. The van der Waals surface area contributed by atoms with Crippen LogP contribution in [-0.2, 0) is 17.1 Å². The summed E-state index contributed by atoms with van der Waals surface area (Å²) in [6.07, 6.45) is 2.61. The van der Waals surface area contributed by atoms with E-state index in [0.29, 0.717) is 52.9 Å². The van der Waals surface area contributed by atoms with Crippen LogP contribution >= 0.6 is 11.8 Å². The van der Waals surface area contributed by atoms with Crippen LogP contribution in [0.4, 0.5) is 0 Å². The van der Waals surface area contributed by atoms with Crippen molar-refractivity contribution >= 4 is 28.6 Å². The van der Waals surface area contributed by atoms with E-state index >= 15 is 0 Å². The molecule has 0 atom stereocenters. The number of rotatable bonds is 10. The molecule has 8 nitrogen and oxygen atoms in total. The number of unbranched alkanes of at least 4 members (excludes halogenated alkanes) is 2. The maximum Gasteiger partial charge on any atom is 0.262 e. The van der Waals surface area contributed by atoms with Gasteiger partial charge in [0.15, 0.2) is 5.16 Å². The van der Waals surface area contributed by atoms with Gasteiger partial charge in [-0.1, -0.05) is 65.8 Å². The Balaban J connectivity index is 1.52. The van der Waals surface area contributed by atoms with Gasteiger partial charge in [0.1, 0.15) is 0 Å². The van der Waals surface area contributed by atoms with Crippen LogP contribution in [0.15, 0.2) is 69.1 Å². The first-order chi connectivity index (χ1) is 15.6. The minimum Gasteiger partial charge on any atom is -0.370 e. The molecule has 0 aliphatic carbocycles. The summed E-state index contributed by atoms with van der Waals surface area (Å²) in [5.41, 5.74) is 6.65. The van der Waals surface area contributed by atoms with Gasteiger partial charge in [-0.05, 0) is 25.0 Å². The van der Waals surface area contributed by atoms with Gasteiger partial charge in [-0.15, -0.1) is 0 Å². The van der Waals surface area contributed by atoms with Crippen LogP contribution in [0.1, 0.15) is 31.6 Å². The number of nitrogens with two attached hydrogens (primary N) is 1. The molecule has 0 saturated carbocycles. The maximum atomic E-state index is 13.1. The van der Waals surface area contributed by atoms with Crippen LogP contribution in [0.25, 0.3) is 22.3 Å². The number of hydrogen-bond acceptors (Lipinski definition) is 7. The molecule has 0 radical (unpaired) electrons. The highest BCUT2D eigenvalue weighted by atomic mass is 32.2. The van der Waals surface area contributed by atoms with E-state index in [9.17, 15) is 9.59 Å². The van der Waals surface area contributed by atoms with Gasteiger partial charge in [0.2, 0.25) is 17.6 Å². The highest BCUT2D eigenvalue weighted by Crippen LogP contribution is 2.23. The van der Waals surface area contributed by atoms with Crippen molar-refractivity contribution in [1.82, 2.24) is 19.7 Å². The minimum absolute atomic E-state index is 0.0801. The summed E-state index contributed by atoms with van der Waals surface area (Å²) in [5, 5.41) is 5.23. The third-order valence-corrected chi connectivity index (χ3v) is 5.92. The van der Waals surface area contributed by atoms with Crippen molar-refractivity contribution in [2.75, 3.05) is 0 Å². The van der Waals surface area contributed by atoms with Crippen molar-refractivity contribution in [2.24, 2.45) is 5.73 Å². The number of carbonyl (C=O) groups excluding carboxylic acids is 1. The number of fused-ring (bicyclic) bond motifs is 1. The van der Waals surface area contributed by atoms with Gasteiger partial charge in [0.25, 0.3) is 5.56 Å². The molecule has 2 heterocycles. The molecule has 4 aromatic rings. The molecule has 2 N–H and O–H groups in total. The number of primary amides is 1. The number of aromatic nitrogens is 4. The van der Waals surface area contributed by atoms with E-state index in [0.717, 1.165) is 18.4 Å². The lowest BCUT2D eigenvalue weighted by molar-refractivity contribution is -0.118. The van der Waals surface area contributed by atoms with Crippen LogP contribution in [0.2, 0.25) is 0 Å². The average molecular weight is 450 g/mol. The van der Waals surface area contributed by atoms with Gasteiger partial charge in [0.05, 0.1) is 16.7 Å². The van der Waals surface area contributed by atoms with Gasteiger partial charge in [-0.25, -0.2) is 4.98 Å². The summed E-state index contributed by atoms with van der Waals surface area (Å²) < 4.78 is 7.08. The largest absolute Gasteiger partial charge is 0.370 e. The fourth-order valence-corrected chi connectivity index (χ4v) is 4.21. The SMILES string of the molecule is NC(=O)CCCCCn1c(SCc2nc(-c3ccccc3)no2)nc2ccccc2c1=O. The minimum atomic E-state index is -0.305. The molecular formula is C23H23N5O3S. The second-order valence-electron chi connectivity index (χ2n) is 7.31. The molecule has 0 spiro atoms. The zero-order chi connectivity index (χ0) is 22.3. The Morgan fingerprint density at radius 3 is 2.59 bits per heavy atom. The Hall–Kier alpha value is -3.46. The maximum absolute atomic E-state index is 13.1. The standard InChI is InChI=1S/C23H23N5O3S/c24-19(29)13-5-2-8-14-28-22(30)17-11-6-7-12-18(17)25-23(28)32-15-20-26-21(27-31-20)16-9-3-1-4-10-16/h1,3-4,6-7,9-12H,2,5,8,13-15H2,(H2,24,29). The van der Waals surface area contributed by atoms with E-state index < -0.39 is 0 Å². The van der Waals surface area contributed by atoms with Crippen molar-refractivity contribution < 1.29 is 9.32 Å². The number of carbonyl (C=O) groups is 1. The van der Waals surface area contributed by atoms with Crippen LogP contribution in [0.3, 0.4) is 0 Å². The lowest BCUT2D eigenvalue weighted by atomic mass is 10.2. The molecule has 0 bridgehead atoms. The number of para-hydroxylation sites is 1. The Bertz CT molecular complexity index is 1270. The normalized spacial score (nSPS) is 11.1. The second-order valence-corrected chi connectivity index (χ2v) is 8.25. The second kappa shape index (κ2) is 10.2. The molecule has 0 fully saturated rings. The summed E-state index contributed by atoms with van der Waals surface area (Å²) >= 11 is 1.39. The van der Waals surface area contributed by atoms with E-state index in [1.165, 1.54) is 11.8 Å². The van der Waals surface area contributed by atoms with E-state index in [-0.39, 0.29) is 11.5 Å². The predicted octanol–water partition coefficient (Wildman–Crippen LogP) is 3.78. The molecule has 0 saturated heterocycles. The van der Waals surface area contributed by atoms with E-state index in [4.69, 9.17) is 15.2 Å². The molecule has 164 valence electrons. The highest BCUT2D eigenvalue weighted by Gasteiger charge is 2.14. The first-order valence-electron chi connectivity index (χ1n) is 10.4. The molecule has 1 amide bonds. The molecule has 9 heteroatoms. The van der Waals surface area contributed by atoms with Gasteiger partial charge in [-0.3, -0.25) is 14.2 Å². The van der Waals surface area contributed by atoms with Crippen molar-refractivity contribution in [2.45, 2.75) is 43.1 Å². The highest BCUT2D eigenvalue weighted by molar-refractivity contribution is 7.98. The van der Waals surface area contributed by atoms with Crippen LogP contribution in [0.5, 0.6) is 0 Å². The Morgan fingerprint density at radius 2 is 1.78 bits per heavy atom. The van der Waals surface area contributed by atoms with E-state index in [2.05, 4.69) is 10.1 Å². The molecule has 2 aromatic carbocycles. The smallest absolute Gasteiger partial charge is 0.262 e. The zero-order valence-corrected chi connectivity index (χ0v) is 18.3. The van der Waals surface area contributed by atoms with Crippen LogP contribution < -0.4 is 11.3 Å². The number of hydrogen-bond donors (Lipinski definition) is 1. The third kappa shape index (κ3) is 5.23. The fraction of sp³-hybridized carbons (Fsp3) is 0.261. The van der Waals surface area contributed by atoms with Crippen molar-refractivity contribution in [3.05, 3.63) is 70.8 Å². The third-order valence-electron chi connectivity index (χ3n) is 4.96. The molecule has 2 aromatic heterocycles. The van der Waals surface area contributed by atoms with Gasteiger partial charge >= 0.3 is 0 Å². The number of thioether (sulfide) groups is 1. The van der Waals surface area contributed by atoms with Crippen molar-refractivity contribution in [3.63, 3.8) is 0 Å². The summed E-state index contributed by atoms with van der Waals surface area (Å²) in [6.45, 7) is 0.511. The lowest BCUT2D eigenvalue weighted by Crippen LogP contribution is -2.23. The zero-order valence-electron chi connectivity index (χ0n) is 17.4. The molecule has 4 rings (SSSR count). The van der Waals surface area contributed by atoms with E-state index in [1.54, 1.807) is 10.6 Å². The first kappa shape index (κ1) is 21.8. The summed E-state index contributed by atoms with van der Waals surface area (Å²) in [5.74, 6) is 1.08. The van der Waals surface area contributed by atoms with Gasteiger partial charge in [0, 0.05) is 18.5 Å². The first-order valence-corrected chi connectivity index (χ1v) is 11.4. The summed E-state index contributed by atoms with van der Waals surface area (Å²) in [7, 11) is 0. The van der Waals surface area contributed by atoms with Crippen LogP contribution in [-0.4, -0.2) is 25.6 Å². The number of benzene rings is 2. The quantitative estimate of drug-likeness (QED) is 0.222. The van der Waals surface area contributed by atoms with Crippen molar-refractivity contribution in [3.8, 4) is 11.4 Å². The molecule has 32 heavy (non-hydrogen) atoms. The van der Waals surface area contributed by atoms with Crippen molar-refractivity contribution in [1.29, 1.82) is 0 Å². The molecule has 0 aliphatic rings. The lowest BCUT2D eigenvalue weighted by Gasteiger charge is -2.12. The topological polar surface area (TPSA) is 117 Å². The predicted molar refractivity (Wildman–Crippen MR) is 123 cm³/mol. The molecule has 0 aliphatic heterocycles. The molecular weight excluding hydrogens is 426 g/mol. The van der Waals surface area contributed by atoms with Gasteiger partial charge < -0.3 is 10.3 Å². The Labute approximate surface area is 188 Å². The van der Waals surface area contributed by atoms with E-state index in [1.807, 2.05) is 48.5 Å². The summed E-state index contributed by atoms with van der Waals surface area (Å²) in [4.78, 5) is 33.2. The van der Waals surface area contributed by atoms with Gasteiger partial charge in [-0.2, -0.15) is 4.98 Å². The Morgan fingerprint density at radius 1 is 1.00 bits per heavy atom. The average Bonchev–Trinajstić information content (AvgIpc) is 3.28. The monoisotopic (exact) mass is 449 g/mol. The number of amides is 1.